The van der Waals surface area contributed by atoms with E-state index in [1.165, 1.54) is 0 Å². The maximum atomic E-state index is 13.4. The molecule has 1 aliphatic rings. The van der Waals surface area contributed by atoms with Crippen LogP contribution in [0.2, 0.25) is 5.02 Å². The third kappa shape index (κ3) is 3.41. The summed E-state index contributed by atoms with van der Waals surface area (Å²) in [7, 11) is 0. The van der Waals surface area contributed by atoms with Crippen molar-refractivity contribution in [3.05, 3.63) is 33.1 Å². The standard InChI is InChI=1S/C12H13ClFNO4S/c1-12(2)18-5-7(19-12)6-20-11-9(15(16)17)4-3-8(14)10(11)13/h3-4,7H,5-6H2,1-2H3/t7-/m0/s1. The van der Waals surface area contributed by atoms with Gasteiger partial charge in [0.15, 0.2) is 5.79 Å². The van der Waals surface area contributed by atoms with E-state index in [1.54, 1.807) is 13.8 Å². The topological polar surface area (TPSA) is 61.6 Å². The van der Waals surface area contributed by atoms with Crippen molar-refractivity contribution in [2.75, 3.05) is 12.4 Å². The van der Waals surface area contributed by atoms with Crippen LogP contribution < -0.4 is 0 Å². The summed E-state index contributed by atoms with van der Waals surface area (Å²) in [6, 6.07) is 2.10. The first kappa shape index (κ1) is 15.5. The van der Waals surface area contributed by atoms with E-state index in [2.05, 4.69) is 0 Å². The van der Waals surface area contributed by atoms with Gasteiger partial charge in [-0.15, -0.1) is 11.8 Å². The monoisotopic (exact) mass is 321 g/mol. The minimum absolute atomic E-state index is 0.116. The fraction of sp³-hybridized carbons (Fsp3) is 0.500. The Kier molecular flexibility index (Phi) is 4.53. The maximum absolute atomic E-state index is 13.4. The van der Waals surface area contributed by atoms with Gasteiger partial charge in [0.25, 0.3) is 5.69 Å². The molecule has 1 aliphatic heterocycles. The van der Waals surface area contributed by atoms with Gasteiger partial charge in [0.05, 0.1) is 22.7 Å². The lowest BCUT2D eigenvalue weighted by molar-refractivity contribution is -0.387. The molecule has 8 heteroatoms. The Morgan fingerprint density at radius 2 is 2.30 bits per heavy atom. The van der Waals surface area contributed by atoms with E-state index in [0.717, 1.165) is 23.9 Å². The minimum Gasteiger partial charge on any atom is -0.348 e. The Labute approximate surface area is 124 Å². The molecule has 0 aromatic heterocycles. The predicted octanol–water partition coefficient (Wildman–Crippen LogP) is 3.63. The van der Waals surface area contributed by atoms with Gasteiger partial charge in [0, 0.05) is 11.8 Å². The molecule has 0 spiro atoms. The lowest BCUT2D eigenvalue weighted by atomic mass is 10.3. The van der Waals surface area contributed by atoms with Gasteiger partial charge in [-0.25, -0.2) is 4.39 Å². The zero-order valence-electron chi connectivity index (χ0n) is 10.9. The lowest BCUT2D eigenvalue weighted by Gasteiger charge is -2.17. The molecule has 1 aromatic carbocycles. The van der Waals surface area contributed by atoms with Crippen molar-refractivity contribution in [3.63, 3.8) is 0 Å². The molecular weight excluding hydrogens is 309 g/mol. The Hall–Kier alpha value is -0.890. The highest BCUT2D eigenvalue weighted by Gasteiger charge is 2.33. The number of hydrogen-bond acceptors (Lipinski definition) is 5. The number of nitro benzene ring substituents is 1. The minimum atomic E-state index is -0.677. The highest BCUT2D eigenvalue weighted by molar-refractivity contribution is 7.99. The SMILES string of the molecule is CC1(C)OC[C@@H](CSc2c([N+](=O)[O-])ccc(F)c2Cl)O1. The summed E-state index contributed by atoms with van der Waals surface area (Å²) in [5, 5.41) is 10.7. The molecule has 20 heavy (non-hydrogen) atoms. The molecule has 110 valence electrons. The van der Waals surface area contributed by atoms with E-state index in [-0.39, 0.29) is 21.7 Å². The first-order valence-corrected chi connectivity index (χ1v) is 7.23. The summed E-state index contributed by atoms with van der Waals surface area (Å²) in [6.07, 6.45) is -0.214. The van der Waals surface area contributed by atoms with E-state index >= 15 is 0 Å². The molecule has 1 atom stereocenters. The molecule has 0 unspecified atom stereocenters. The van der Waals surface area contributed by atoms with Crippen molar-refractivity contribution in [3.8, 4) is 0 Å². The van der Waals surface area contributed by atoms with Gasteiger partial charge in [-0.05, 0) is 19.9 Å². The molecule has 0 bridgehead atoms. The van der Waals surface area contributed by atoms with Gasteiger partial charge in [-0.3, -0.25) is 10.1 Å². The summed E-state index contributed by atoms with van der Waals surface area (Å²) in [4.78, 5) is 10.5. The number of ether oxygens (including phenoxy) is 2. The van der Waals surface area contributed by atoms with Crippen molar-refractivity contribution in [1.82, 2.24) is 0 Å². The molecule has 1 heterocycles. The second-order valence-corrected chi connectivity index (χ2v) is 6.14. The summed E-state index contributed by atoms with van der Waals surface area (Å²) >= 11 is 6.91. The lowest BCUT2D eigenvalue weighted by Crippen LogP contribution is -2.22. The molecule has 1 fully saturated rings. The highest BCUT2D eigenvalue weighted by atomic mass is 35.5. The third-order valence-electron chi connectivity index (χ3n) is 2.71. The van der Waals surface area contributed by atoms with Crippen LogP contribution in [0, 0.1) is 15.9 Å². The van der Waals surface area contributed by atoms with Gasteiger partial charge >= 0.3 is 0 Å². The summed E-state index contributed by atoms with van der Waals surface area (Å²) in [5.41, 5.74) is -0.209. The Morgan fingerprint density at radius 3 is 2.85 bits per heavy atom. The Bertz CT molecular complexity index is 540. The van der Waals surface area contributed by atoms with Gasteiger partial charge < -0.3 is 9.47 Å². The average molecular weight is 322 g/mol. The van der Waals surface area contributed by atoms with Gasteiger partial charge in [0.2, 0.25) is 0 Å². The fourth-order valence-electron chi connectivity index (χ4n) is 1.82. The van der Waals surface area contributed by atoms with Crippen LogP contribution in [0.5, 0.6) is 0 Å². The Balaban J connectivity index is 2.13. The van der Waals surface area contributed by atoms with Gasteiger partial charge in [-0.1, -0.05) is 11.6 Å². The average Bonchev–Trinajstić information content (AvgIpc) is 2.70. The number of hydrogen-bond donors (Lipinski definition) is 0. The predicted molar refractivity (Wildman–Crippen MR) is 73.7 cm³/mol. The van der Waals surface area contributed by atoms with Crippen molar-refractivity contribution in [2.24, 2.45) is 0 Å². The highest BCUT2D eigenvalue weighted by Crippen LogP contribution is 2.38. The van der Waals surface area contributed by atoms with Crippen LogP contribution in [-0.2, 0) is 9.47 Å². The first-order chi connectivity index (χ1) is 9.30. The summed E-state index contributed by atoms with van der Waals surface area (Å²) in [5.74, 6) is -0.945. The van der Waals surface area contributed by atoms with Crippen LogP contribution in [-0.4, -0.2) is 29.2 Å². The molecule has 1 aromatic rings. The molecule has 0 aliphatic carbocycles. The largest absolute Gasteiger partial charge is 0.348 e. The molecule has 0 radical (unpaired) electrons. The third-order valence-corrected chi connectivity index (χ3v) is 4.43. The van der Waals surface area contributed by atoms with Crippen LogP contribution in [0.15, 0.2) is 17.0 Å². The molecule has 0 amide bonds. The zero-order chi connectivity index (χ0) is 14.9. The Morgan fingerprint density at radius 1 is 1.60 bits per heavy atom. The van der Waals surface area contributed by atoms with Crippen molar-refractivity contribution in [1.29, 1.82) is 0 Å². The molecule has 2 rings (SSSR count). The quantitative estimate of drug-likeness (QED) is 0.481. The van der Waals surface area contributed by atoms with Crippen LogP contribution >= 0.6 is 23.4 Å². The summed E-state index contributed by atoms with van der Waals surface area (Å²) in [6.45, 7) is 3.96. The zero-order valence-corrected chi connectivity index (χ0v) is 12.5. The molecule has 5 nitrogen and oxygen atoms in total. The van der Waals surface area contributed by atoms with Crippen LogP contribution in [0.4, 0.5) is 10.1 Å². The number of nitro groups is 1. The van der Waals surface area contributed by atoms with E-state index in [9.17, 15) is 14.5 Å². The van der Waals surface area contributed by atoms with Gasteiger partial charge in [-0.2, -0.15) is 0 Å². The van der Waals surface area contributed by atoms with E-state index in [0.29, 0.717) is 12.4 Å². The van der Waals surface area contributed by atoms with Crippen LogP contribution in [0.25, 0.3) is 0 Å². The maximum Gasteiger partial charge on any atom is 0.284 e. The van der Waals surface area contributed by atoms with Crippen LogP contribution in [0.3, 0.4) is 0 Å². The smallest absolute Gasteiger partial charge is 0.284 e. The number of thioether (sulfide) groups is 1. The normalized spacial score (nSPS) is 21.1. The van der Waals surface area contributed by atoms with E-state index in [1.807, 2.05) is 0 Å². The molecular formula is C12H13ClFNO4S. The molecule has 0 N–H and O–H groups in total. The van der Waals surface area contributed by atoms with Crippen molar-refractivity contribution < 1.29 is 18.8 Å². The second kappa shape index (κ2) is 5.85. The van der Waals surface area contributed by atoms with E-state index in [4.69, 9.17) is 21.1 Å². The van der Waals surface area contributed by atoms with Crippen molar-refractivity contribution in [2.45, 2.75) is 30.6 Å². The fourth-order valence-corrected chi connectivity index (χ4v) is 3.18. The molecule has 0 saturated carbocycles. The number of rotatable bonds is 4. The van der Waals surface area contributed by atoms with Crippen LogP contribution in [0.1, 0.15) is 13.8 Å². The molecule has 1 saturated heterocycles. The van der Waals surface area contributed by atoms with Crippen molar-refractivity contribution >= 4 is 29.1 Å². The number of halogens is 2. The summed E-state index contributed by atoms with van der Waals surface area (Å²) < 4.78 is 24.4. The van der Waals surface area contributed by atoms with Gasteiger partial charge in [0.1, 0.15) is 10.7 Å². The second-order valence-electron chi connectivity index (χ2n) is 4.73. The number of nitrogens with zero attached hydrogens (tertiary/aromatic N) is 1. The van der Waals surface area contributed by atoms with E-state index < -0.39 is 16.5 Å². The number of benzene rings is 1. The first-order valence-electron chi connectivity index (χ1n) is 5.87.